The zero-order valence-corrected chi connectivity index (χ0v) is 13.6. The van der Waals surface area contributed by atoms with Gasteiger partial charge in [-0.3, -0.25) is 4.79 Å². The average Bonchev–Trinajstić information content (AvgIpc) is 2.39. The second-order valence-corrected chi connectivity index (χ2v) is 6.53. The standard InChI is InChI=1S/C14H16Br2FNO/c15-8-9-1-4-11(5-2-9)18-14(19)12-6-3-10(16)7-13(12)17/h3,6-7,9,11H,1-2,4-5,8H2,(H,18,19). The maximum atomic E-state index is 13.7. The first kappa shape index (κ1) is 15.0. The molecule has 0 unspecified atom stereocenters. The Morgan fingerprint density at radius 1 is 1.32 bits per heavy atom. The number of amides is 1. The van der Waals surface area contributed by atoms with E-state index in [1.165, 1.54) is 12.1 Å². The lowest BCUT2D eigenvalue weighted by Crippen LogP contribution is -2.38. The SMILES string of the molecule is O=C(NC1CCC(CBr)CC1)c1ccc(Br)cc1F. The van der Waals surface area contributed by atoms with Gasteiger partial charge in [-0.1, -0.05) is 31.9 Å². The molecule has 1 aromatic rings. The lowest BCUT2D eigenvalue weighted by Gasteiger charge is -2.28. The Bertz CT molecular complexity index is 459. The molecule has 0 aromatic heterocycles. The molecule has 2 rings (SSSR count). The van der Waals surface area contributed by atoms with Crippen molar-refractivity contribution in [1.82, 2.24) is 5.32 Å². The van der Waals surface area contributed by atoms with Crippen LogP contribution in [0.2, 0.25) is 0 Å². The summed E-state index contributed by atoms with van der Waals surface area (Å²) in [6.07, 6.45) is 4.17. The minimum Gasteiger partial charge on any atom is -0.349 e. The van der Waals surface area contributed by atoms with Crippen molar-refractivity contribution in [2.45, 2.75) is 31.7 Å². The molecule has 0 aliphatic heterocycles. The predicted molar refractivity (Wildman–Crippen MR) is 81.1 cm³/mol. The second kappa shape index (κ2) is 6.84. The van der Waals surface area contributed by atoms with Crippen LogP contribution >= 0.6 is 31.9 Å². The highest BCUT2D eigenvalue weighted by molar-refractivity contribution is 9.10. The van der Waals surface area contributed by atoms with E-state index in [2.05, 4.69) is 37.2 Å². The molecule has 104 valence electrons. The fourth-order valence-corrected chi connectivity index (χ4v) is 3.38. The Kier molecular flexibility index (Phi) is 5.39. The van der Waals surface area contributed by atoms with E-state index in [0.717, 1.165) is 31.0 Å². The number of benzene rings is 1. The van der Waals surface area contributed by atoms with Crippen molar-refractivity contribution < 1.29 is 9.18 Å². The summed E-state index contributed by atoms with van der Waals surface area (Å²) in [6, 6.07) is 4.68. The molecular formula is C14H16Br2FNO. The summed E-state index contributed by atoms with van der Waals surface area (Å²) in [7, 11) is 0. The van der Waals surface area contributed by atoms with Crippen LogP contribution in [0.5, 0.6) is 0 Å². The maximum Gasteiger partial charge on any atom is 0.254 e. The quantitative estimate of drug-likeness (QED) is 0.764. The molecule has 1 aliphatic carbocycles. The number of hydrogen-bond acceptors (Lipinski definition) is 1. The van der Waals surface area contributed by atoms with E-state index in [-0.39, 0.29) is 17.5 Å². The Morgan fingerprint density at radius 3 is 2.58 bits per heavy atom. The van der Waals surface area contributed by atoms with Gasteiger partial charge in [0.05, 0.1) is 5.56 Å². The third kappa shape index (κ3) is 4.02. The second-order valence-electron chi connectivity index (χ2n) is 4.97. The van der Waals surface area contributed by atoms with Crippen LogP contribution in [0.4, 0.5) is 4.39 Å². The molecule has 0 heterocycles. The first-order chi connectivity index (χ1) is 9.10. The predicted octanol–water partition coefficient (Wildman–Crippen LogP) is 4.27. The molecule has 0 saturated heterocycles. The molecule has 1 aliphatic rings. The van der Waals surface area contributed by atoms with Crippen LogP contribution in [0.1, 0.15) is 36.0 Å². The number of rotatable bonds is 3. The fourth-order valence-electron chi connectivity index (χ4n) is 2.40. The molecule has 1 saturated carbocycles. The minimum atomic E-state index is -0.485. The first-order valence-corrected chi connectivity index (χ1v) is 8.33. The highest BCUT2D eigenvalue weighted by Crippen LogP contribution is 2.26. The van der Waals surface area contributed by atoms with Gasteiger partial charge in [0.1, 0.15) is 5.82 Å². The van der Waals surface area contributed by atoms with E-state index in [0.29, 0.717) is 10.4 Å². The van der Waals surface area contributed by atoms with Crippen molar-refractivity contribution in [3.63, 3.8) is 0 Å². The smallest absolute Gasteiger partial charge is 0.254 e. The minimum absolute atomic E-state index is 0.116. The van der Waals surface area contributed by atoms with E-state index in [1.54, 1.807) is 6.07 Å². The topological polar surface area (TPSA) is 29.1 Å². The van der Waals surface area contributed by atoms with Gasteiger partial charge in [-0.25, -0.2) is 4.39 Å². The van der Waals surface area contributed by atoms with Gasteiger partial charge in [-0.05, 0) is 49.8 Å². The molecule has 0 spiro atoms. The van der Waals surface area contributed by atoms with Crippen molar-refractivity contribution in [1.29, 1.82) is 0 Å². The fraction of sp³-hybridized carbons (Fsp3) is 0.500. The zero-order valence-electron chi connectivity index (χ0n) is 10.5. The molecule has 1 fully saturated rings. The molecule has 5 heteroatoms. The highest BCUT2D eigenvalue weighted by Gasteiger charge is 2.23. The van der Waals surface area contributed by atoms with Crippen LogP contribution in [0.15, 0.2) is 22.7 Å². The number of carbonyl (C=O) groups is 1. The lowest BCUT2D eigenvalue weighted by atomic mass is 9.87. The zero-order chi connectivity index (χ0) is 13.8. The summed E-state index contributed by atoms with van der Waals surface area (Å²) in [5.74, 6) is -0.0918. The number of halogens is 3. The first-order valence-electron chi connectivity index (χ1n) is 6.42. The summed E-state index contributed by atoms with van der Waals surface area (Å²) >= 11 is 6.68. The van der Waals surface area contributed by atoms with Crippen molar-refractivity contribution in [2.24, 2.45) is 5.92 Å². The summed E-state index contributed by atoms with van der Waals surface area (Å²) in [5.41, 5.74) is 0.116. The number of hydrogen-bond donors (Lipinski definition) is 1. The molecule has 1 N–H and O–H groups in total. The monoisotopic (exact) mass is 391 g/mol. The van der Waals surface area contributed by atoms with Gasteiger partial charge in [-0.2, -0.15) is 0 Å². The third-order valence-corrected chi connectivity index (χ3v) is 4.98. The van der Waals surface area contributed by atoms with Crippen LogP contribution in [-0.4, -0.2) is 17.3 Å². The van der Waals surface area contributed by atoms with Crippen molar-refractivity contribution in [3.8, 4) is 0 Å². The molecule has 0 atom stereocenters. The highest BCUT2D eigenvalue weighted by atomic mass is 79.9. The Labute approximate surface area is 129 Å². The number of alkyl halides is 1. The van der Waals surface area contributed by atoms with Crippen LogP contribution in [0.25, 0.3) is 0 Å². The molecular weight excluding hydrogens is 377 g/mol. The Balaban J connectivity index is 1.94. The van der Waals surface area contributed by atoms with Crippen LogP contribution in [0, 0.1) is 11.7 Å². The Morgan fingerprint density at radius 2 is 2.00 bits per heavy atom. The van der Waals surface area contributed by atoms with Gasteiger partial charge in [0, 0.05) is 15.8 Å². The van der Waals surface area contributed by atoms with Crippen LogP contribution in [-0.2, 0) is 0 Å². The van der Waals surface area contributed by atoms with Crippen molar-refractivity contribution in [2.75, 3.05) is 5.33 Å². The third-order valence-electron chi connectivity index (χ3n) is 3.58. The van der Waals surface area contributed by atoms with E-state index in [4.69, 9.17) is 0 Å². The van der Waals surface area contributed by atoms with E-state index in [9.17, 15) is 9.18 Å². The summed E-state index contributed by atoms with van der Waals surface area (Å²) in [5, 5.41) is 3.95. The van der Waals surface area contributed by atoms with E-state index < -0.39 is 5.82 Å². The summed E-state index contributed by atoms with van der Waals surface area (Å²) in [6.45, 7) is 0. The van der Waals surface area contributed by atoms with Crippen molar-refractivity contribution >= 4 is 37.8 Å². The van der Waals surface area contributed by atoms with Gasteiger partial charge in [0.2, 0.25) is 0 Å². The van der Waals surface area contributed by atoms with Crippen molar-refractivity contribution in [3.05, 3.63) is 34.1 Å². The molecule has 0 radical (unpaired) electrons. The Hall–Kier alpha value is -0.420. The number of nitrogens with one attached hydrogen (secondary N) is 1. The molecule has 19 heavy (non-hydrogen) atoms. The summed E-state index contributed by atoms with van der Waals surface area (Å²) < 4.78 is 14.3. The number of carbonyl (C=O) groups excluding carboxylic acids is 1. The largest absolute Gasteiger partial charge is 0.349 e. The molecule has 0 bridgehead atoms. The average molecular weight is 393 g/mol. The molecule has 1 amide bonds. The van der Waals surface area contributed by atoms with Gasteiger partial charge in [-0.15, -0.1) is 0 Å². The van der Waals surface area contributed by atoms with Gasteiger partial charge >= 0.3 is 0 Å². The van der Waals surface area contributed by atoms with Gasteiger partial charge in [0.25, 0.3) is 5.91 Å². The normalized spacial score (nSPS) is 23.1. The van der Waals surface area contributed by atoms with E-state index >= 15 is 0 Å². The van der Waals surface area contributed by atoms with E-state index in [1.807, 2.05) is 0 Å². The maximum absolute atomic E-state index is 13.7. The van der Waals surface area contributed by atoms with Gasteiger partial charge < -0.3 is 5.32 Å². The molecule has 1 aromatic carbocycles. The molecule has 2 nitrogen and oxygen atoms in total. The lowest BCUT2D eigenvalue weighted by molar-refractivity contribution is 0.0919. The van der Waals surface area contributed by atoms with Crippen LogP contribution in [0.3, 0.4) is 0 Å². The summed E-state index contributed by atoms with van der Waals surface area (Å²) in [4.78, 5) is 12.0. The van der Waals surface area contributed by atoms with Crippen LogP contribution < -0.4 is 5.32 Å². The van der Waals surface area contributed by atoms with Gasteiger partial charge in [0.15, 0.2) is 0 Å².